The Labute approximate surface area is 173 Å². The number of aromatic nitrogens is 5. The van der Waals surface area contributed by atoms with E-state index in [0.29, 0.717) is 42.2 Å². The van der Waals surface area contributed by atoms with E-state index in [4.69, 9.17) is 15.2 Å². The quantitative estimate of drug-likeness (QED) is 0.643. The van der Waals surface area contributed by atoms with E-state index in [9.17, 15) is 0 Å². The summed E-state index contributed by atoms with van der Waals surface area (Å²) in [6.07, 6.45) is 1.52. The molecule has 1 saturated heterocycles. The number of piperazine rings is 1. The van der Waals surface area contributed by atoms with E-state index in [2.05, 4.69) is 42.2 Å². The second kappa shape index (κ2) is 7.67. The zero-order valence-corrected chi connectivity index (χ0v) is 16.7. The molecule has 2 aliphatic rings. The number of nitrogens with zero attached hydrogens (tertiary/aromatic N) is 7. The summed E-state index contributed by atoms with van der Waals surface area (Å²) in [4.78, 5) is 17.6. The van der Waals surface area contributed by atoms with E-state index in [1.54, 1.807) is 0 Å². The highest BCUT2D eigenvalue weighted by Crippen LogP contribution is 2.38. The van der Waals surface area contributed by atoms with E-state index in [1.165, 1.54) is 11.0 Å². The average Bonchev–Trinajstić information content (AvgIpc) is 3.15. The van der Waals surface area contributed by atoms with Crippen molar-refractivity contribution < 1.29 is 9.47 Å². The first-order valence-electron chi connectivity index (χ1n) is 9.81. The van der Waals surface area contributed by atoms with Gasteiger partial charge in [0, 0.05) is 32.2 Å². The zero-order valence-electron chi connectivity index (χ0n) is 16.7. The smallest absolute Gasteiger partial charge is 0.249 e. The lowest BCUT2D eigenvalue weighted by atomic mass is 10.2. The van der Waals surface area contributed by atoms with Crippen molar-refractivity contribution in [2.45, 2.75) is 0 Å². The van der Waals surface area contributed by atoms with Crippen LogP contribution in [-0.2, 0) is 0 Å². The highest BCUT2D eigenvalue weighted by molar-refractivity contribution is 5.68. The topological polar surface area (TPSA) is 119 Å². The first kappa shape index (κ1) is 18.4. The summed E-state index contributed by atoms with van der Waals surface area (Å²) in [6, 6.07) is 7.49. The van der Waals surface area contributed by atoms with Crippen LogP contribution in [0.3, 0.4) is 0 Å². The predicted octanol–water partition coefficient (Wildman–Crippen LogP) is 0.906. The molecule has 2 aliphatic heterocycles. The molecule has 3 aromatic rings. The van der Waals surface area contributed by atoms with Crippen LogP contribution in [-0.4, -0.2) is 76.1 Å². The number of para-hydroxylation sites is 1. The molecule has 0 bridgehead atoms. The summed E-state index contributed by atoms with van der Waals surface area (Å²) in [6.45, 7) is 4.82. The van der Waals surface area contributed by atoms with Crippen molar-refractivity contribution >= 4 is 23.4 Å². The summed E-state index contributed by atoms with van der Waals surface area (Å²) in [5.41, 5.74) is 6.84. The highest BCUT2D eigenvalue weighted by Gasteiger charge is 2.19. The zero-order chi connectivity index (χ0) is 20.5. The number of rotatable bonds is 4. The lowest BCUT2D eigenvalue weighted by Crippen LogP contribution is -2.44. The van der Waals surface area contributed by atoms with Crippen molar-refractivity contribution in [1.82, 2.24) is 29.6 Å². The van der Waals surface area contributed by atoms with Gasteiger partial charge in [-0.2, -0.15) is 9.67 Å². The van der Waals surface area contributed by atoms with Crippen LogP contribution in [0.1, 0.15) is 0 Å². The molecule has 156 valence electrons. The predicted molar refractivity (Wildman–Crippen MR) is 112 cm³/mol. The fourth-order valence-electron chi connectivity index (χ4n) is 3.50. The van der Waals surface area contributed by atoms with Crippen molar-refractivity contribution in [2.24, 2.45) is 0 Å². The van der Waals surface area contributed by atoms with Crippen molar-refractivity contribution in [3.05, 3.63) is 30.6 Å². The number of hydrogen-bond donors (Lipinski definition) is 2. The van der Waals surface area contributed by atoms with E-state index < -0.39 is 0 Å². The number of hydrogen-bond acceptors (Lipinski definition) is 10. The first-order chi connectivity index (χ1) is 14.7. The van der Waals surface area contributed by atoms with Gasteiger partial charge in [0.05, 0.1) is 5.69 Å². The molecule has 5 rings (SSSR count). The number of nitrogens with two attached hydrogens (primary N) is 1. The fourth-order valence-corrected chi connectivity index (χ4v) is 3.50. The number of nitrogens with one attached hydrogen (secondary N) is 1. The molecule has 0 saturated carbocycles. The molecule has 0 radical (unpaired) electrons. The third-order valence-electron chi connectivity index (χ3n) is 5.13. The van der Waals surface area contributed by atoms with Crippen LogP contribution in [0.15, 0.2) is 30.6 Å². The number of ether oxygens (including phenoxy) is 2. The molecule has 2 aromatic heterocycles. The summed E-state index contributed by atoms with van der Waals surface area (Å²) >= 11 is 0. The maximum Gasteiger partial charge on any atom is 0.249 e. The Hall–Kier alpha value is -3.60. The number of fused-ring (bicyclic) bond motifs is 1. The van der Waals surface area contributed by atoms with Crippen LogP contribution in [0.4, 0.5) is 23.4 Å². The molecule has 1 aromatic carbocycles. The van der Waals surface area contributed by atoms with Crippen LogP contribution in [0.25, 0.3) is 5.82 Å². The standard InChI is InChI=1S/C19H23N9O2/c1-26-5-7-27(8-6-26)15-11-16(22-12-21-15)28-18(20)24-19(25-28)23-13-3-2-4-14-17(13)30-10-9-29-14/h2-4,11-12H,5-10H2,1H3,(H3,20,23,24,25). The Balaban J connectivity index is 1.39. The number of benzene rings is 1. The summed E-state index contributed by atoms with van der Waals surface area (Å²) < 4.78 is 12.8. The van der Waals surface area contributed by atoms with Gasteiger partial charge in [0.2, 0.25) is 11.9 Å². The van der Waals surface area contributed by atoms with Gasteiger partial charge in [-0.3, -0.25) is 0 Å². The van der Waals surface area contributed by atoms with Gasteiger partial charge in [-0.15, -0.1) is 5.10 Å². The summed E-state index contributed by atoms with van der Waals surface area (Å²) in [5.74, 6) is 3.30. The Morgan fingerprint density at radius 1 is 1.03 bits per heavy atom. The van der Waals surface area contributed by atoms with Crippen molar-refractivity contribution in [2.75, 3.05) is 62.4 Å². The SMILES string of the molecule is CN1CCN(c2cc(-n3nc(Nc4cccc5c4OCCO5)nc3N)ncn2)CC1. The summed E-state index contributed by atoms with van der Waals surface area (Å²) in [5, 5.41) is 7.64. The molecule has 0 amide bonds. The minimum absolute atomic E-state index is 0.225. The first-order valence-corrected chi connectivity index (χ1v) is 9.81. The van der Waals surface area contributed by atoms with Crippen LogP contribution in [0.5, 0.6) is 11.5 Å². The van der Waals surface area contributed by atoms with Gasteiger partial charge in [-0.05, 0) is 19.2 Å². The molecule has 11 nitrogen and oxygen atoms in total. The second-order valence-electron chi connectivity index (χ2n) is 7.18. The van der Waals surface area contributed by atoms with Crippen LogP contribution in [0, 0.1) is 0 Å². The van der Waals surface area contributed by atoms with Crippen molar-refractivity contribution in [3.63, 3.8) is 0 Å². The Morgan fingerprint density at radius 3 is 2.70 bits per heavy atom. The van der Waals surface area contributed by atoms with Gasteiger partial charge in [0.15, 0.2) is 17.3 Å². The van der Waals surface area contributed by atoms with Crippen molar-refractivity contribution in [3.8, 4) is 17.3 Å². The second-order valence-corrected chi connectivity index (χ2v) is 7.18. The third-order valence-corrected chi connectivity index (χ3v) is 5.13. The lowest BCUT2D eigenvalue weighted by Gasteiger charge is -2.33. The number of nitrogen functional groups attached to an aromatic ring is 1. The molecule has 30 heavy (non-hydrogen) atoms. The van der Waals surface area contributed by atoms with Gasteiger partial charge in [0.1, 0.15) is 25.4 Å². The third kappa shape index (κ3) is 3.54. The fraction of sp³-hybridized carbons (Fsp3) is 0.368. The van der Waals surface area contributed by atoms with E-state index in [-0.39, 0.29) is 5.95 Å². The summed E-state index contributed by atoms with van der Waals surface area (Å²) in [7, 11) is 2.12. The Kier molecular flexibility index (Phi) is 4.71. The highest BCUT2D eigenvalue weighted by atomic mass is 16.6. The van der Waals surface area contributed by atoms with Crippen LogP contribution in [0.2, 0.25) is 0 Å². The molecule has 11 heteroatoms. The Bertz CT molecular complexity index is 1050. The molecule has 3 N–H and O–H groups in total. The van der Waals surface area contributed by atoms with E-state index >= 15 is 0 Å². The maximum absolute atomic E-state index is 6.12. The van der Waals surface area contributed by atoms with Crippen molar-refractivity contribution in [1.29, 1.82) is 0 Å². The molecule has 0 unspecified atom stereocenters. The minimum atomic E-state index is 0.225. The molecule has 1 fully saturated rings. The maximum atomic E-state index is 6.12. The van der Waals surface area contributed by atoms with Crippen LogP contribution >= 0.6 is 0 Å². The normalized spacial score (nSPS) is 16.5. The van der Waals surface area contributed by atoms with Crippen LogP contribution < -0.4 is 25.4 Å². The largest absolute Gasteiger partial charge is 0.486 e. The molecule has 0 atom stereocenters. The number of likely N-dealkylation sites (N-methyl/N-ethyl adjacent to an activating group) is 1. The molecule has 0 aliphatic carbocycles. The molecule has 0 spiro atoms. The average molecular weight is 409 g/mol. The van der Waals surface area contributed by atoms with Gasteiger partial charge >= 0.3 is 0 Å². The molecular formula is C19H23N9O2. The van der Waals surface area contributed by atoms with E-state index in [0.717, 1.165) is 32.0 Å². The molecule has 4 heterocycles. The van der Waals surface area contributed by atoms with E-state index in [1.807, 2.05) is 24.3 Å². The van der Waals surface area contributed by atoms with Gasteiger partial charge < -0.3 is 30.3 Å². The minimum Gasteiger partial charge on any atom is -0.486 e. The lowest BCUT2D eigenvalue weighted by molar-refractivity contribution is 0.172. The van der Waals surface area contributed by atoms with Gasteiger partial charge in [-0.1, -0.05) is 6.07 Å². The monoisotopic (exact) mass is 409 g/mol. The van der Waals surface area contributed by atoms with Gasteiger partial charge in [-0.25, -0.2) is 9.97 Å². The molecular weight excluding hydrogens is 386 g/mol. The number of anilines is 4. The Morgan fingerprint density at radius 2 is 1.83 bits per heavy atom. The van der Waals surface area contributed by atoms with Gasteiger partial charge in [0.25, 0.3) is 0 Å².